The van der Waals surface area contributed by atoms with Crippen molar-refractivity contribution in [2.24, 2.45) is 0 Å². The number of aromatic nitrogens is 1. The van der Waals surface area contributed by atoms with Crippen LogP contribution in [0.25, 0.3) is 10.9 Å². The summed E-state index contributed by atoms with van der Waals surface area (Å²) in [5.41, 5.74) is 2.92. The van der Waals surface area contributed by atoms with Crippen LogP contribution in [0.4, 0.5) is 24.5 Å². The Kier molecular flexibility index (Phi) is 4.20. The van der Waals surface area contributed by atoms with Crippen LogP contribution in [0.5, 0.6) is 5.75 Å². The molecule has 0 saturated carbocycles. The molecule has 2 aliphatic heterocycles. The number of amides is 1. The van der Waals surface area contributed by atoms with Gasteiger partial charge in [0.05, 0.1) is 29.7 Å². The second-order valence-electron chi connectivity index (χ2n) is 8.18. The van der Waals surface area contributed by atoms with Crippen LogP contribution in [-0.2, 0) is 6.42 Å². The molecule has 1 aromatic heterocycles. The third-order valence-corrected chi connectivity index (χ3v) is 6.42. The molecule has 0 aliphatic carbocycles. The fraction of sp³-hybridized carbons (Fsp3) is 0.160. The van der Waals surface area contributed by atoms with Crippen LogP contribution in [0.1, 0.15) is 27.8 Å². The molecule has 4 aromatic rings. The van der Waals surface area contributed by atoms with E-state index in [-0.39, 0.29) is 17.2 Å². The molecule has 0 saturated heterocycles. The highest BCUT2D eigenvalue weighted by molar-refractivity contribution is 6.04. The smallest absolute Gasteiger partial charge is 0.258 e. The number of hydrogen-bond donors (Lipinski definition) is 1. The minimum absolute atomic E-state index is 0.0329. The summed E-state index contributed by atoms with van der Waals surface area (Å²) < 4.78 is 48.7. The normalized spacial score (nSPS) is 17.1. The van der Waals surface area contributed by atoms with Gasteiger partial charge in [-0.05, 0) is 60.5 Å². The van der Waals surface area contributed by atoms with E-state index in [2.05, 4.69) is 4.98 Å². The monoisotopic (exact) mass is 449 g/mol. The second-order valence-corrected chi connectivity index (χ2v) is 8.18. The zero-order chi connectivity index (χ0) is 22.9. The Bertz CT molecular complexity index is 1450. The van der Waals surface area contributed by atoms with E-state index >= 15 is 4.39 Å². The van der Waals surface area contributed by atoms with Gasteiger partial charge in [0.25, 0.3) is 5.91 Å². The molecular weight excluding hydrogens is 431 g/mol. The Labute approximate surface area is 187 Å². The lowest BCUT2D eigenvalue weighted by molar-refractivity contribution is 0.0640. The SMILES string of the molecule is COc1ccc2[nH]c3c(c2c1)CCN1C(=O)c2cc(F)ccc2N(c2cc(F)ccc2F)C31. The lowest BCUT2D eigenvalue weighted by Gasteiger charge is -2.47. The number of H-pyrrole nitrogens is 1. The molecule has 1 unspecified atom stereocenters. The van der Waals surface area contributed by atoms with Crippen LogP contribution in [0.15, 0.2) is 54.6 Å². The van der Waals surface area contributed by atoms with E-state index in [0.29, 0.717) is 30.1 Å². The van der Waals surface area contributed by atoms with Crippen molar-refractivity contribution >= 4 is 28.2 Å². The van der Waals surface area contributed by atoms with Gasteiger partial charge in [0.1, 0.15) is 23.2 Å². The van der Waals surface area contributed by atoms with Crippen molar-refractivity contribution in [2.75, 3.05) is 18.6 Å². The molecule has 5 nitrogen and oxygen atoms in total. The fourth-order valence-corrected chi connectivity index (χ4v) is 4.96. The first-order chi connectivity index (χ1) is 16.0. The first-order valence-electron chi connectivity index (χ1n) is 10.5. The molecule has 0 spiro atoms. The highest BCUT2D eigenvalue weighted by Gasteiger charge is 2.44. The number of methoxy groups -OCH3 is 1. The predicted octanol–water partition coefficient (Wildman–Crippen LogP) is 5.44. The summed E-state index contributed by atoms with van der Waals surface area (Å²) in [4.78, 5) is 19.9. The van der Waals surface area contributed by atoms with Gasteiger partial charge in [-0.1, -0.05) is 0 Å². The maximum absolute atomic E-state index is 15.0. The van der Waals surface area contributed by atoms with E-state index in [1.165, 1.54) is 12.1 Å². The standard InChI is InChI=1S/C25H18F3N3O2/c1-33-15-4-6-20-17(12-15)16-8-9-30-24(23(16)29-20)31(22-11-14(27)2-5-19(22)28)21-7-3-13(26)10-18(21)25(30)32/h2-7,10-12,24,29H,8-9H2,1H3. The highest BCUT2D eigenvalue weighted by Crippen LogP contribution is 2.48. The minimum atomic E-state index is -0.756. The largest absolute Gasteiger partial charge is 0.497 e. The maximum Gasteiger partial charge on any atom is 0.258 e. The Morgan fingerprint density at radius 3 is 2.58 bits per heavy atom. The van der Waals surface area contributed by atoms with Gasteiger partial charge in [0.15, 0.2) is 6.17 Å². The van der Waals surface area contributed by atoms with Gasteiger partial charge in [-0.25, -0.2) is 13.2 Å². The number of nitrogens with zero attached hydrogens (tertiary/aromatic N) is 2. The van der Waals surface area contributed by atoms with E-state index in [9.17, 15) is 13.6 Å². The van der Waals surface area contributed by atoms with Gasteiger partial charge in [0, 0.05) is 23.5 Å². The van der Waals surface area contributed by atoms with Crippen molar-refractivity contribution in [1.29, 1.82) is 0 Å². The zero-order valence-electron chi connectivity index (χ0n) is 17.5. The average Bonchev–Trinajstić information content (AvgIpc) is 3.19. The first kappa shape index (κ1) is 19.7. The summed E-state index contributed by atoms with van der Waals surface area (Å²) in [5, 5.41) is 0.945. The van der Waals surface area contributed by atoms with Gasteiger partial charge in [-0.15, -0.1) is 0 Å². The molecule has 3 aromatic carbocycles. The van der Waals surface area contributed by atoms with Crippen LogP contribution < -0.4 is 9.64 Å². The quantitative estimate of drug-likeness (QED) is 0.443. The van der Waals surface area contributed by atoms with Crippen molar-refractivity contribution < 1.29 is 22.7 Å². The van der Waals surface area contributed by atoms with Crippen LogP contribution >= 0.6 is 0 Å². The average molecular weight is 449 g/mol. The number of rotatable bonds is 2. The molecule has 166 valence electrons. The molecule has 3 heterocycles. The van der Waals surface area contributed by atoms with Gasteiger partial charge in [0.2, 0.25) is 0 Å². The van der Waals surface area contributed by atoms with E-state index in [4.69, 9.17) is 4.74 Å². The summed E-state index contributed by atoms with van der Waals surface area (Å²) in [6, 6.07) is 12.6. The van der Waals surface area contributed by atoms with Crippen molar-refractivity contribution in [3.8, 4) is 5.75 Å². The Hall–Kier alpha value is -3.94. The highest BCUT2D eigenvalue weighted by atomic mass is 19.1. The number of ether oxygens (including phenoxy) is 1. The van der Waals surface area contributed by atoms with Crippen LogP contribution in [-0.4, -0.2) is 29.4 Å². The number of anilines is 2. The van der Waals surface area contributed by atoms with E-state index < -0.39 is 23.6 Å². The molecular formula is C25H18F3N3O2. The van der Waals surface area contributed by atoms with Crippen molar-refractivity contribution in [3.05, 3.63) is 88.9 Å². The number of nitrogens with one attached hydrogen (secondary N) is 1. The lowest BCUT2D eigenvalue weighted by atomic mass is 9.95. The maximum atomic E-state index is 15.0. The fourth-order valence-electron chi connectivity index (χ4n) is 4.96. The van der Waals surface area contributed by atoms with Crippen LogP contribution in [0.3, 0.4) is 0 Å². The predicted molar refractivity (Wildman–Crippen MR) is 117 cm³/mol. The summed E-state index contributed by atoms with van der Waals surface area (Å²) >= 11 is 0. The van der Waals surface area contributed by atoms with Gasteiger partial charge >= 0.3 is 0 Å². The van der Waals surface area contributed by atoms with Crippen LogP contribution in [0, 0.1) is 17.5 Å². The summed E-state index contributed by atoms with van der Waals surface area (Å²) in [6.07, 6.45) is -0.205. The van der Waals surface area contributed by atoms with E-state index in [0.717, 1.165) is 40.7 Å². The molecule has 1 N–H and O–H groups in total. The molecule has 0 radical (unpaired) electrons. The molecule has 33 heavy (non-hydrogen) atoms. The van der Waals surface area contributed by atoms with Crippen molar-refractivity contribution in [3.63, 3.8) is 0 Å². The number of fused-ring (bicyclic) bond motifs is 6. The number of carbonyl (C=O) groups is 1. The second kappa shape index (κ2) is 7.03. The zero-order valence-corrected chi connectivity index (χ0v) is 17.5. The Morgan fingerprint density at radius 1 is 0.970 bits per heavy atom. The first-order valence-corrected chi connectivity index (χ1v) is 10.5. The third-order valence-electron chi connectivity index (χ3n) is 6.42. The Morgan fingerprint density at radius 2 is 1.76 bits per heavy atom. The van der Waals surface area contributed by atoms with Gasteiger partial charge in [-0.3, -0.25) is 4.79 Å². The number of carbonyl (C=O) groups excluding carboxylic acids is 1. The van der Waals surface area contributed by atoms with E-state index in [1.807, 2.05) is 18.2 Å². The van der Waals surface area contributed by atoms with Crippen LogP contribution in [0.2, 0.25) is 0 Å². The number of benzene rings is 3. The summed E-state index contributed by atoms with van der Waals surface area (Å²) in [7, 11) is 1.59. The molecule has 6 rings (SSSR count). The third kappa shape index (κ3) is 2.83. The lowest BCUT2D eigenvalue weighted by Crippen LogP contribution is -2.51. The molecule has 0 bridgehead atoms. The van der Waals surface area contributed by atoms with Gasteiger partial charge in [-0.2, -0.15) is 0 Å². The molecule has 0 fully saturated rings. The van der Waals surface area contributed by atoms with E-state index in [1.54, 1.807) is 16.9 Å². The summed E-state index contributed by atoms with van der Waals surface area (Å²) in [6.45, 7) is 0.337. The summed E-state index contributed by atoms with van der Waals surface area (Å²) in [5.74, 6) is -1.50. The van der Waals surface area contributed by atoms with Crippen molar-refractivity contribution in [1.82, 2.24) is 9.88 Å². The van der Waals surface area contributed by atoms with Crippen molar-refractivity contribution in [2.45, 2.75) is 12.6 Å². The molecule has 1 atom stereocenters. The topological polar surface area (TPSA) is 48.6 Å². The number of hydrogen-bond acceptors (Lipinski definition) is 3. The minimum Gasteiger partial charge on any atom is -0.497 e. The van der Waals surface area contributed by atoms with Gasteiger partial charge < -0.3 is 19.5 Å². The molecule has 8 heteroatoms. The number of aromatic amines is 1. The molecule has 2 aliphatic rings. The number of halogens is 3. The molecule has 1 amide bonds. The Balaban J connectivity index is 1.64.